The van der Waals surface area contributed by atoms with Gasteiger partial charge in [-0.3, -0.25) is 4.18 Å². The highest BCUT2D eigenvalue weighted by Crippen LogP contribution is 2.52. The lowest BCUT2D eigenvalue weighted by atomic mass is 9.78. The molecule has 3 aliphatic rings. The summed E-state index contributed by atoms with van der Waals surface area (Å²) in [6, 6.07) is 5.92. The Hall–Kier alpha value is -2.01. The van der Waals surface area contributed by atoms with Crippen molar-refractivity contribution < 1.29 is 40.0 Å². The molecule has 3 atom stereocenters. The fraction of sp³-hybridized carbons (Fsp3) is 0.667. The summed E-state index contributed by atoms with van der Waals surface area (Å²) in [6.07, 6.45) is 0.301. The van der Waals surface area contributed by atoms with Crippen LogP contribution >= 0.6 is 0 Å². The first-order valence-corrected chi connectivity index (χ1v) is 11.9. The number of carbonyl (C=O) groups is 1. The number of para-hydroxylation sites is 1. The number of ether oxygens (including phenoxy) is 2. The monoisotopic (exact) mass is 477 g/mol. The molecule has 1 spiro atoms. The molecule has 0 aromatic heterocycles. The predicted octanol–water partition coefficient (Wildman–Crippen LogP) is 4.68. The molecule has 2 saturated heterocycles. The lowest BCUT2D eigenvalue weighted by Gasteiger charge is -2.49. The van der Waals surface area contributed by atoms with Crippen LogP contribution in [0.25, 0.3) is 0 Å². The van der Waals surface area contributed by atoms with E-state index in [1.54, 1.807) is 43.9 Å². The van der Waals surface area contributed by atoms with Crippen LogP contribution < -0.4 is 4.74 Å². The minimum absolute atomic E-state index is 0.0610. The third kappa shape index (κ3) is 4.28. The Balaban J connectivity index is 1.61. The molecule has 7 nitrogen and oxygen atoms in total. The molecule has 1 aromatic rings. The molecule has 2 bridgehead atoms. The van der Waals surface area contributed by atoms with Gasteiger partial charge in [0.25, 0.3) is 0 Å². The van der Waals surface area contributed by atoms with Crippen molar-refractivity contribution in [3.05, 3.63) is 29.8 Å². The average molecular weight is 478 g/mol. The van der Waals surface area contributed by atoms with Crippen LogP contribution in [0.3, 0.4) is 0 Å². The number of benzene rings is 1. The van der Waals surface area contributed by atoms with Crippen LogP contribution in [0.2, 0.25) is 0 Å². The van der Waals surface area contributed by atoms with Crippen molar-refractivity contribution in [3.63, 3.8) is 0 Å². The number of carbonyl (C=O) groups excluding carboxylic acids is 1. The summed E-state index contributed by atoms with van der Waals surface area (Å²) in [7, 11) is -5.79. The zero-order chi connectivity index (χ0) is 23.5. The van der Waals surface area contributed by atoms with Crippen LogP contribution in [0.15, 0.2) is 24.3 Å². The van der Waals surface area contributed by atoms with Crippen molar-refractivity contribution in [2.45, 2.75) is 87.8 Å². The molecule has 4 rings (SSSR count). The van der Waals surface area contributed by atoms with E-state index in [-0.39, 0.29) is 24.1 Å². The minimum Gasteiger partial charge on any atom is -0.487 e. The predicted molar refractivity (Wildman–Crippen MR) is 107 cm³/mol. The molecule has 32 heavy (non-hydrogen) atoms. The number of halogens is 3. The maximum absolute atomic E-state index is 13.0. The molecule has 3 unspecified atom stereocenters. The first-order chi connectivity index (χ1) is 14.7. The van der Waals surface area contributed by atoms with E-state index in [9.17, 15) is 26.4 Å². The molecule has 11 heteroatoms. The van der Waals surface area contributed by atoms with Crippen molar-refractivity contribution in [2.24, 2.45) is 0 Å². The number of hydrogen-bond acceptors (Lipinski definition) is 6. The van der Waals surface area contributed by atoms with Gasteiger partial charge in [0.1, 0.15) is 23.1 Å². The van der Waals surface area contributed by atoms with E-state index in [0.717, 1.165) is 0 Å². The zero-order valence-electron chi connectivity index (χ0n) is 18.0. The number of amides is 1. The van der Waals surface area contributed by atoms with Gasteiger partial charge in [0.15, 0.2) is 0 Å². The Morgan fingerprint density at radius 3 is 2.25 bits per heavy atom. The van der Waals surface area contributed by atoms with E-state index in [1.165, 1.54) is 6.07 Å². The molecule has 1 amide bonds. The van der Waals surface area contributed by atoms with Crippen molar-refractivity contribution in [1.29, 1.82) is 0 Å². The smallest absolute Gasteiger partial charge is 0.487 e. The van der Waals surface area contributed by atoms with Crippen LogP contribution in [0.1, 0.15) is 64.5 Å². The molecule has 3 heterocycles. The van der Waals surface area contributed by atoms with Gasteiger partial charge in [-0.15, -0.1) is 0 Å². The Morgan fingerprint density at radius 1 is 1.09 bits per heavy atom. The van der Waals surface area contributed by atoms with E-state index in [2.05, 4.69) is 0 Å². The lowest BCUT2D eigenvalue weighted by Crippen LogP contribution is -2.57. The Labute approximate surface area is 184 Å². The Bertz CT molecular complexity index is 990. The van der Waals surface area contributed by atoms with Crippen LogP contribution in [0.4, 0.5) is 18.0 Å². The van der Waals surface area contributed by atoms with Gasteiger partial charge in [-0.2, -0.15) is 21.6 Å². The van der Waals surface area contributed by atoms with E-state index in [4.69, 9.17) is 13.7 Å². The van der Waals surface area contributed by atoms with Crippen molar-refractivity contribution >= 4 is 16.2 Å². The molecule has 2 fully saturated rings. The number of piperidine rings is 1. The molecule has 178 valence electrons. The van der Waals surface area contributed by atoms with Crippen molar-refractivity contribution in [2.75, 3.05) is 0 Å². The highest BCUT2D eigenvalue weighted by atomic mass is 32.2. The van der Waals surface area contributed by atoms with E-state index >= 15 is 0 Å². The SMILES string of the molecule is CC(C)(C)OC(=O)N1C2CCC1CC1(CC(OS(=O)(=O)C(F)(F)F)c3ccccc3O1)C2. The van der Waals surface area contributed by atoms with Gasteiger partial charge in [-0.25, -0.2) is 4.79 Å². The number of fused-ring (bicyclic) bond motifs is 3. The summed E-state index contributed by atoms with van der Waals surface area (Å²) >= 11 is 0. The molecule has 1 aromatic carbocycles. The molecule has 0 N–H and O–H groups in total. The van der Waals surface area contributed by atoms with Gasteiger partial charge in [-0.1, -0.05) is 18.2 Å². The first kappa shape index (κ1) is 23.2. The van der Waals surface area contributed by atoms with E-state index in [1.807, 2.05) is 0 Å². The average Bonchev–Trinajstić information content (AvgIpc) is 2.92. The summed E-state index contributed by atoms with van der Waals surface area (Å²) in [4.78, 5) is 14.4. The number of nitrogens with zero attached hydrogens (tertiary/aromatic N) is 1. The fourth-order valence-corrected chi connectivity index (χ4v) is 5.61. The van der Waals surface area contributed by atoms with E-state index < -0.39 is 39.0 Å². The van der Waals surface area contributed by atoms with Crippen LogP contribution in [-0.4, -0.2) is 48.2 Å². The Kier molecular flexibility index (Phi) is 5.44. The third-order valence-corrected chi connectivity index (χ3v) is 7.17. The molecule has 0 aliphatic carbocycles. The molecular formula is C21H26F3NO6S. The summed E-state index contributed by atoms with van der Waals surface area (Å²) in [5.74, 6) is 0.297. The summed E-state index contributed by atoms with van der Waals surface area (Å²) < 4.78 is 79.0. The van der Waals surface area contributed by atoms with Crippen molar-refractivity contribution in [3.8, 4) is 5.75 Å². The molecule has 3 aliphatic heterocycles. The van der Waals surface area contributed by atoms with Gasteiger partial charge in [0, 0.05) is 36.9 Å². The topological polar surface area (TPSA) is 82.1 Å². The number of rotatable bonds is 2. The summed E-state index contributed by atoms with van der Waals surface area (Å²) in [5, 5.41) is 0. The van der Waals surface area contributed by atoms with Crippen LogP contribution in [0, 0.1) is 0 Å². The second-order valence-electron chi connectivity index (χ2n) is 9.69. The van der Waals surface area contributed by atoms with Crippen LogP contribution in [0.5, 0.6) is 5.75 Å². The van der Waals surface area contributed by atoms with Gasteiger partial charge >= 0.3 is 21.7 Å². The fourth-order valence-electron chi connectivity index (χ4n) is 5.02. The maximum Gasteiger partial charge on any atom is 0.523 e. The largest absolute Gasteiger partial charge is 0.523 e. The number of alkyl halides is 3. The normalized spacial score (nSPS) is 30.1. The summed E-state index contributed by atoms with van der Waals surface area (Å²) in [5.41, 5.74) is -6.86. The second kappa shape index (κ2) is 7.51. The molecular weight excluding hydrogens is 451 g/mol. The molecule has 0 saturated carbocycles. The van der Waals surface area contributed by atoms with E-state index in [0.29, 0.717) is 31.4 Å². The Morgan fingerprint density at radius 2 is 1.69 bits per heavy atom. The first-order valence-electron chi connectivity index (χ1n) is 10.5. The number of hydrogen-bond donors (Lipinski definition) is 0. The standard InChI is InChI=1S/C21H26F3NO6S/c1-19(2,3)30-18(26)25-13-8-9-14(25)11-20(10-13)12-17(31-32(27,28)21(22,23)24)15-6-4-5-7-16(15)29-20/h4-7,13-14,17H,8-12H2,1-3H3. The van der Waals surface area contributed by atoms with Gasteiger partial charge in [0.05, 0.1) is 0 Å². The summed E-state index contributed by atoms with van der Waals surface area (Å²) in [6.45, 7) is 5.34. The van der Waals surface area contributed by atoms with Crippen molar-refractivity contribution in [1.82, 2.24) is 4.90 Å². The highest BCUT2D eigenvalue weighted by molar-refractivity contribution is 7.87. The van der Waals surface area contributed by atoms with Gasteiger partial charge in [0.2, 0.25) is 0 Å². The minimum atomic E-state index is -5.79. The molecule has 0 radical (unpaired) electrons. The zero-order valence-corrected chi connectivity index (χ0v) is 18.8. The third-order valence-electron chi connectivity index (χ3n) is 6.12. The van der Waals surface area contributed by atoms with Crippen LogP contribution in [-0.2, 0) is 19.0 Å². The maximum atomic E-state index is 13.0. The second-order valence-corrected chi connectivity index (χ2v) is 11.3. The quantitative estimate of drug-likeness (QED) is 0.455. The highest BCUT2D eigenvalue weighted by Gasteiger charge is 2.56. The van der Waals surface area contributed by atoms with Gasteiger partial charge < -0.3 is 14.4 Å². The lowest BCUT2D eigenvalue weighted by molar-refractivity contribution is -0.0841. The van der Waals surface area contributed by atoms with Gasteiger partial charge in [-0.05, 0) is 39.7 Å².